The lowest BCUT2D eigenvalue weighted by Crippen LogP contribution is -2.52. The summed E-state index contributed by atoms with van der Waals surface area (Å²) in [5.41, 5.74) is 3.27. The number of imidazole rings is 1. The quantitative estimate of drug-likeness (QED) is 0.587. The average Bonchev–Trinajstić information content (AvgIpc) is 3.20. The zero-order valence-corrected chi connectivity index (χ0v) is 18.6. The first-order valence-electron chi connectivity index (χ1n) is 10.8. The van der Waals surface area contributed by atoms with Crippen molar-refractivity contribution in [3.05, 3.63) is 60.0 Å². The number of methoxy groups -OCH3 is 1. The molecule has 0 unspecified atom stereocenters. The van der Waals surface area contributed by atoms with Gasteiger partial charge in [0.2, 0.25) is 0 Å². The predicted molar refractivity (Wildman–Crippen MR) is 121 cm³/mol. The third kappa shape index (κ3) is 4.78. The van der Waals surface area contributed by atoms with E-state index in [0.717, 1.165) is 43.5 Å². The van der Waals surface area contributed by atoms with Crippen molar-refractivity contribution in [2.24, 2.45) is 0 Å². The number of rotatable bonds is 7. The number of hydrogen-bond acceptors (Lipinski definition) is 5. The second-order valence-corrected chi connectivity index (χ2v) is 8.66. The van der Waals surface area contributed by atoms with Gasteiger partial charge in [-0.1, -0.05) is 30.3 Å². The van der Waals surface area contributed by atoms with E-state index in [4.69, 9.17) is 4.74 Å². The smallest absolute Gasteiger partial charge is 0.255 e. The van der Waals surface area contributed by atoms with Gasteiger partial charge < -0.3 is 19.1 Å². The van der Waals surface area contributed by atoms with Gasteiger partial charge in [-0.05, 0) is 45.0 Å². The van der Waals surface area contributed by atoms with Gasteiger partial charge in [0.1, 0.15) is 5.52 Å². The van der Waals surface area contributed by atoms with Crippen molar-refractivity contribution in [2.75, 3.05) is 40.8 Å². The van der Waals surface area contributed by atoms with E-state index in [0.29, 0.717) is 18.7 Å². The second-order valence-electron chi connectivity index (χ2n) is 8.66. The molecule has 1 amide bonds. The van der Waals surface area contributed by atoms with Crippen LogP contribution in [0.1, 0.15) is 28.8 Å². The van der Waals surface area contributed by atoms with Gasteiger partial charge in [0.25, 0.3) is 5.91 Å². The maximum atomic E-state index is 13.1. The second kappa shape index (κ2) is 9.16. The molecule has 1 aliphatic rings. The van der Waals surface area contributed by atoms with Gasteiger partial charge in [-0.15, -0.1) is 0 Å². The summed E-state index contributed by atoms with van der Waals surface area (Å²) in [6, 6.07) is 12.2. The fourth-order valence-electron chi connectivity index (χ4n) is 4.43. The Kier molecular flexibility index (Phi) is 6.34. The average molecular weight is 422 g/mol. The number of pyridine rings is 1. The topological polar surface area (TPSA) is 63.5 Å². The van der Waals surface area contributed by atoms with Gasteiger partial charge in [0.05, 0.1) is 17.5 Å². The highest BCUT2D eigenvalue weighted by Gasteiger charge is 2.36. The molecule has 0 saturated carbocycles. The van der Waals surface area contributed by atoms with Crippen LogP contribution in [0.25, 0.3) is 11.2 Å². The lowest BCUT2D eigenvalue weighted by Gasteiger charge is -2.42. The third-order valence-corrected chi connectivity index (χ3v) is 6.19. The molecule has 0 bridgehead atoms. The summed E-state index contributed by atoms with van der Waals surface area (Å²) in [6.07, 6.45) is 6.07. The molecule has 1 aromatic carbocycles. The van der Waals surface area contributed by atoms with E-state index in [9.17, 15) is 4.79 Å². The van der Waals surface area contributed by atoms with Crippen molar-refractivity contribution < 1.29 is 9.53 Å². The Bertz CT molecular complexity index is 1020. The number of likely N-dealkylation sites (N-methyl/N-ethyl adjacent to an activating group) is 1. The van der Waals surface area contributed by atoms with Crippen LogP contribution in [0.5, 0.6) is 0 Å². The van der Waals surface area contributed by atoms with Gasteiger partial charge >= 0.3 is 0 Å². The maximum absolute atomic E-state index is 13.1. The Morgan fingerprint density at radius 1 is 1.16 bits per heavy atom. The van der Waals surface area contributed by atoms with Crippen LogP contribution in [0.2, 0.25) is 0 Å². The number of carbonyl (C=O) groups is 1. The van der Waals surface area contributed by atoms with Crippen molar-refractivity contribution in [2.45, 2.75) is 31.4 Å². The van der Waals surface area contributed by atoms with Gasteiger partial charge in [0, 0.05) is 39.5 Å². The van der Waals surface area contributed by atoms with Crippen molar-refractivity contribution in [1.29, 1.82) is 0 Å². The van der Waals surface area contributed by atoms with Crippen LogP contribution in [0, 0.1) is 0 Å². The zero-order valence-electron chi connectivity index (χ0n) is 18.6. The Balaban J connectivity index is 1.42. The molecule has 164 valence electrons. The minimum Gasteiger partial charge on any atom is -0.377 e. The largest absolute Gasteiger partial charge is 0.377 e. The number of benzene rings is 1. The van der Waals surface area contributed by atoms with Gasteiger partial charge in [-0.3, -0.25) is 4.79 Å². The normalized spacial score (nSPS) is 16.2. The highest BCUT2D eigenvalue weighted by molar-refractivity contribution is 5.96. The number of likely N-dealkylation sites (tertiary alicyclic amines) is 1. The molecule has 0 N–H and O–H groups in total. The molecule has 3 heterocycles. The van der Waals surface area contributed by atoms with Crippen LogP contribution in [0.15, 0.2) is 48.9 Å². The fraction of sp³-hybridized carbons (Fsp3) is 0.458. The molecule has 7 nitrogen and oxygen atoms in total. The summed E-state index contributed by atoms with van der Waals surface area (Å²) >= 11 is 0. The SMILES string of the molecule is COC1(CN(C)C)CCN(C(=O)c2cnc3c(c2)ncn3CCc2ccccc2)CC1. The van der Waals surface area contributed by atoms with E-state index in [1.54, 1.807) is 13.3 Å². The highest BCUT2D eigenvalue weighted by Crippen LogP contribution is 2.27. The van der Waals surface area contributed by atoms with E-state index in [1.165, 1.54) is 5.56 Å². The standard InChI is InChI=1S/C24H31N5O2/c1-27(2)17-24(31-3)10-13-28(14-11-24)23(30)20-15-21-22(25-16-20)29(18-26-21)12-9-19-7-5-4-6-8-19/h4-8,15-16,18H,9-14,17H2,1-3H3. The zero-order chi connectivity index (χ0) is 21.8. The number of fused-ring (bicyclic) bond motifs is 1. The lowest BCUT2D eigenvalue weighted by molar-refractivity contribution is -0.0654. The number of ether oxygens (including phenoxy) is 1. The van der Waals surface area contributed by atoms with E-state index in [2.05, 4.69) is 53.2 Å². The molecule has 0 aliphatic carbocycles. The minimum absolute atomic E-state index is 0.0165. The Morgan fingerprint density at radius 2 is 1.90 bits per heavy atom. The van der Waals surface area contributed by atoms with Gasteiger partial charge in [-0.2, -0.15) is 0 Å². The number of aromatic nitrogens is 3. The molecular weight excluding hydrogens is 390 g/mol. The van der Waals surface area contributed by atoms with Crippen LogP contribution in [0.3, 0.4) is 0 Å². The highest BCUT2D eigenvalue weighted by atomic mass is 16.5. The molecule has 1 aliphatic heterocycles. The van der Waals surface area contributed by atoms with Crippen molar-refractivity contribution >= 4 is 17.1 Å². The first kappa shape index (κ1) is 21.5. The van der Waals surface area contributed by atoms with Crippen LogP contribution in [-0.2, 0) is 17.7 Å². The van der Waals surface area contributed by atoms with E-state index < -0.39 is 0 Å². The molecule has 2 aromatic heterocycles. The monoisotopic (exact) mass is 421 g/mol. The summed E-state index contributed by atoms with van der Waals surface area (Å²) in [5, 5.41) is 0. The van der Waals surface area contributed by atoms with E-state index in [-0.39, 0.29) is 11.5 Å². The number of piperidine rings is 1. The number of aryl methyl sites for hydroxylation is 2. The first-order chi connectivity index (χ1) is 15.0. The molecule has 0 atom stereocenters. The summed E-state index contributed by atoms with van der Waals surface area (Å²) in [4.78, 5) is 26.2. The number of nitrogens with zero attached hydrogens (tertiary/aromatic N) is 5. The summed E-state index contributed by atoms with van der Waals surface area (Å²) in [7, 11) is 5.88. The molecule has 4 rings (SSSR count). The summed E-state index contributed by atoms with van der Waals surface area (Å²) < 4.78 is 7.88. The molecule has 1 saturated heterocycles. The lowest BCUT2D eigenvalue weighted by atomic mass is 9.90. The molecular formula is C24H31N5O2. The number of hydrogen-bond donors (Lipinski definition) is 0. The first-order valence-corrected chi connectivity index (χ1v) is 10.8. The van der Waals surface area contributed by atoms with Crippen LogP contribution >= 0.6 is 0 Å². The molecule has 1 fully saturated rings. The molecule has 0 radical (unpaired) electrons. The van der Waals surface area contributed by atoms with Crippen LogP contribution < -0.4 is 0 Å². The van der Waals surface area contributed by atoms with E-state index in [1.807, 2.05) is 27.9 Å². The third-order valence-electron chi connectivity index (χ3n) is 6.19. The molecule has 7 heteroatoms. The Labute approximate surface area is 183 Å². The molecule has 31 heavy (non-hydrogen) atoms. The summed E-state index contributed by atoms with van der Waals surface area (Å²) in [6.45, 7) is 3.03. The Hall–Kier alpha value is -2.77. The van der Waals surface area contributed by atoms with Crippen molar-refractivity contribution in [1.82, 2.24) is 24.3 Å². The van der Waals surface area contributed by atoms with Crippen LogP contribution in [0.4, 0.5) is 0 Å². The van der Waals surface area contributed by atoms with Gasteiger partial charge in [0.15, 0.2) is 5.65 Å². The maximum Gasteiger partial charge on any atom is 0.255 e. The van der Waals surface area contributed by atoms with Crippen molar-refractivity contribution in [3.8, 4) is 0 Å². The van der Waals surface area contributed by atoms with Crippen LogP contribution in [-0.4, -0.2) is 76.7 Å². The minimum atomic E-state index is -0.181. The fourth-order valence-corrected chi connectivity index (χ4v) is 4.43. The summed E-state index contributed by atoms with van der Waals surface area (Å²) in [5.74, 6) is 0.0165. The van der Waals surface area contributed by atoms with E-state index >= 15 is 0 Å². The predicted octanol–water partition coefficient (Wildman–Crippen LogP) is 2.86. The van der Waals surface area contributed by atoms with Crippen molar-refractivity contribution in [3.63, 3.8) is 0 Å². The molecule has 0 spiro atoms. The molecule has 3 aromatic rings. The number of amides is 1. The Morgan fingerprint density at radius 3 is 2.58 bits per heavy atom. The number of carbonyl (C=O) groups excluding carboxylic acids is 1. The van der Waals surface area contributed by atoms with Gasteiger partial charge in [-0.25, -0.2) is 9.97 Å².